The molecule has 0 N–H and O–H groups in total. The number of hydrogen-bond donors (Lipinski definition) is 0. The second-order valence-corrected chi connectivity index (χ2v) is 3.35. The average molecular weight is 150 g/mol. The Kier molecular flexibility index (Phi) is 2.92. The maximum Gasteiger partial charge on any atom is 0.00420 e. The topological polar surface area (TPSA) is 0 Å². The van der Waals surface area contributed by atoms with Gasteiger partial charge in [-0.05, 0) is 19.3 Å². The Hall–Kier alpha value is -0.520. The minimum atomic E-state index is 0.773. The van der Waals surface area contributed by atoms with E-state index in [0.29, 0.717) is 0 Å². The summed E-state index contributed by atoms with van der Waals surface area (Å²) in [5, 5.41) is 0. The monoisotopic (exact) mass is 150 g/mol. The fraction of sp³-hybridized carbons (Fsp3) is 0.636. The summed E-state index contributed by atoms with van der Waals surface area (Å²) in [5.41, 5.74) is 3.08. The van der Waals surface area contributed by atoms with Crippen molar-refractivity contribution in [3.8, 4) is 0 Å². The number of hydrogen-bond acceptors (Lipinski definition) is 0. The molecule has 0 heteroatoms. The molecule has 1 fully saturated rings. The molecule has 0 heterocycles. The number of allylic oxidation sites excluding steroid dienone is 3. The lowest BCUT2D eigenvalue weighted by Gasteiger charge is -1.97. The third-order valence-electron chi connectivity index (χ3n) is 2.26. The van der Waals surface area contributed by atoms with Gasteiger partial charge in [0, 0.05) is 5.92 Å². The summed E-state index contributed by atoms with van der Waals surface area (Å²) in [7, 11) is 0. The van der Waals surface area contributed by atoms with E-state index in [2.05, 4.69) is 26.5 Å². The van der Waals surface area contributed by atoms with Crippen LogP contribution in [0.15, 0.2) is 23.8 Å². The Labute approximate surface area is 70.0 Å². The molecule has 11 heavy (non-hydrogen) atoms. The first kappa shape index (κ1) is 8.58. The Balaban J connectivity index is 2.31. The first-order valence-electron chi connectivity index (χ1n) is 4.66. The fourth-order valence-corrected chi connectivity index (χ4v) is 1.57. The zero-order chi connectivity index (χ0) is 8.27. The van der Waals surface area contributed by atoms with E-state index in [1.165, 1.54) is 31.3 Å². The van der Waals surface area contributed by atoms with Gasteiger partial charge in [-0.25, -0.2) is 0 Å². The summed E-state index contributed by atoms with van der Waals surface area (Å²) >= 11 is 0. The maximum absolute atomic E-state index is 4.10. The quantitative estimate of drug-likeness (QED) is 0.536. The van der Waals surface area contributed by atoms with Crippen molar-refractivity contribution in [1.82, 2.24) is 0 Å². The molecule has 0 aromatic heterocycles. The molecule has 0 radical (unpaired) electrons. The van der Waals surface area contributed by atoms with E-state index in [1.807, 2.05) is 0 Å². The van der Waals surface area contributed by atoms with Gasteiger partial charge in [-0.2, -0.15) is 0 Å². The molecule has 0 amide bonds. The molecule has 0 aromatic carbocycles. The molecule has 0 spiro atoms. The molecule has 1 aliphatic carbocycles. The number of rotatable bonds is 4. The van der Waals surface area contributed by atoms with Gasteiger partial charge in [-0.3, -0.25) is 0 Å². The molecule has 0 aliphatic heterocycles. The summed E-state index contributed by atoms with van der Waals surface area (Å²) in [6, 6.07) is 0. The SMILES string of the molecule is C=C(CCC)C1CC1=CCC. The summed E-state index contributed by atoms with van der Waals surface area (Å²) in [6.07, 6.45) is 7.30. The first-order valence-corrected chi connectivity index (χ1v) is 4.66. The fourth-order valence-electron chi connectivity index (χ4n) is 1.57. The van der Waals surface area contributed by atoms with Crippen molar-refractivity contribution in [3.63, 3.8) is 0 Å². The third kappa shape index (κ3) is 2.21. The van der Waals surface area contributed by atoms with Crippen LogP contribution in [0.3, 0.4) is 0 Å². The zero-order valence-electron chi connectivity index (χ0n) is 7.69. The van der Waals surface area contributed by atoms with Crippen molar-refractivity contribution < 1.29 is 0 Å². The van der Waals surface area contributed by atoms with E-state index in [4.69, 9.17) is 0 Å². The first-order chi connectivity index (χ1) is 5.29. The molecular formula is C11H18. The van der Waals surface area contributed by atoms with Gasteiger partial charge in [0.05, 0.1) is 0 Å². The Morgan fingerprint density at radius 2 is 2.36 bits per heavy atom. The van der Waals surface area contributed by atoms with Crippen LogP contribution in [-0.4, -0.2) is 0 Å². The van der Waals surface area contributed by atoms with E-state index < -0.39 is 0 Å². The summed E-state index contributed by atoms with van der Waals surface area (Å²) in [5.74, 6) is 0.773. The van der Waals surface area contributed by atoms with Gasteiger partial charge in [0.25, 0.3) is 0 Å². The second kappa shape index (κ2) is 3.75. The summed E-state index contributed by atoms with van der Waals surface area (Å²) in [6.45, 7) is 8.52. The Morgan fingerprint density at radius 3 is 2.91 bits per heavy atom. The van der Waals surface area contributed by atoms with Crippen molar-refractivity contribution >= 4 is 0 Å². The molecule has 1 rings (SSSR count). The van der Waals surface area contributed by atoms with Crippen LogP contribution in [0.2, 0.25) is 0 Å². The van der Waals surface area contributed by atoms with Gasteiger partial charge in [0.1, 0.15) is 0 Å². The highest BCUT2D eigenvalue weighted by Gasteiger charge is 2.30. The van der Waals surface area contributed by atoms with Crippen molar-refractivity contribution in [2.24, 2.45) is 5.92 Å². The Bertz CT molecular complexity index is 174. The van der Waals surface area contributed by atoms with Crippen LogP contribution in [0.5, 0.6) is 0 Å². The normalized spacial score (nSPS) is 25.6. The van der Waals surface area contributed by atoms with E-state index in [0.717, 1.165) is 5.92 Å². The minimum absolute atomic E-state index is 0.773. The molecule has 1 unspecified atom stereocenters. The smallest absolute Gasteiger partial charge is 0.00420 e. The van der Waals surface area contributed by atoms with Crippen molar-refractivity contribution in [2.45, 2.75) is 39.5 Å². The van der Waals surface area contributed by atoms with Crippen molar-refractivity contribution in [2.75, 3.05) is 0 Å². The van der Waals surface area contributed by atoms with Crippen LogP contribution in [-0.2, 0) is 0 Å². The molecule has 1 atom stereocenters. The van der Waals surface area contributed by atoms with Gasteiger partial charge in [0.15, 0.2) is 0 Å². The lowest BCUT2D eigenvalue weighted by molar-refractivity contribution is 0.840. The van der Waals surface area contributed by atoms with E-state index in [-0.39, 0.29) is 0 Å². The van der Waals surface area contributed by atoms with Crippen LogP contribution < -0.4 is 0 Å². The molecule has 1 saturated carbocycles. The second-order valence-electron chi connectivity index (χ2n) is 3.35. The lowest BCUT2D eigenvalue weighted by Crippen LogP contribution is -1.81. The largest absolute Gasteiger partial charge is 0.0992 e. The van der Waals surface area contributed by atoms with Gasteiger partial charge in [0.2, 0.25) is 0 Å². The van der Waals surface area contributed by atoms with Gasteiger partial charge in [-0.1, -0.05) is 44.1 Å². The predicted octanol–water partition coefficient (Wildman–Crippen LogP) is 3.70. The van der Waals surface area contributed by atoms with Gasteiger partial charge in [-0.15, -0.1) is 0 Å². The molecule has 0 aromatic rings. The highest BCUT2D eigenvalue weighted by atomic mass is 14.3. The standard InChI is InChI=1S/C11H18/c1-4-6-9(3)11-8-10(11)7-5-2/h7,11H,3-6,8H2,1-2H3. The van der Waals surface area contributed by atoms with Crippen LogP contribution in [0, 0.1) is 5.92 Å². The van der Waals surface area contributed by atoms with E-state index in [9.17, 15) is 0 Å². The molecule has 62 valence electrons. The lowest BCUT2D eigenvalue weighted by atomic mass is 10.1. The third-order valence-corrected chi connectivity index (χ3v) is 2.26. The highest BCUT2D eigenvalue weighted by Crippen LogP contribution is 2.44. The highest BCUT2D eigenvalue weighted by molar-refractivity contribution is 5.33. The average Bonchev–Trinajstić information content (AvgIpc) is 2.69. The van der Waals surface area contributed by atoms with Gasteiger partial charge >= 0.3 is 0 Å². The molecule has 0 bridgehead atoms. The van der Waals surface area contributed by atoms with Crippen LogP contribution in [0.25, 0.3) is 0 Å². The van der Waals surface area contributed by atoms with Gasteiger partial charge < -0.3 is 0 Å². The zero-order valence-corrected chi connectivity index (χ0v) is 7.69. The molecule has 0 saturated heterocycles. The minimum Gasteiger partial charge on any atom is -0.0992 e. The van der Waals surface area contributed by atoms with E-state index in [1.54, 1.807) is 5.57 Å². The van der Waals surface area contributed by atoms with Crippen LogP contribution >= 0.6 is 0 Å². The maximum atomic E-state index is 4.10. The Morgan fingerprint density at radius 1 is 1.64 bits per heavy atom. The van der Waals surface area contributed by atoms with Crippen molar-refractivity contribution in [3.05, 3.63) is 23.8 Å². The van der Waals surface area contributed by atoms with Crippen LogP contribution in [0.4, 0.5) is 0 Å². The molecule has 1 aliphatic rings. The van der Waals surface area contributed by atoms with E-state index >= 15 is 0 Å². The summed E-state index contributed by atoms with van der Waals surface area (Å²) < 4.78 is 0. The van der Waals surface area contributed by atoms with Crippen molar-refractivity contribution in [1.29, 1.82) is 0 Å². The van der Waals surface area contributed by atoms with Crippen LogP contribution in [0.1, 0.15) is 39.5 Å². The molecule has 0 nitrogen and oxygen atoms in total. The summed E-state index contributed by atoms with van der Waals surface area (Å²) in [4.78, 5) is 0. The molecular weight excluding hydrogens is 132 g/mol. The predicted molar refractivity (Wildman–Crippen MR) is 50.5 cm³/mol.